The minimum absolute atomic E-state index is 0.0378. The fourth-order valence-electron chi connectivity index (χ4n) is 2.61. The molecule has 0 heterocycles. The lowest BCUT2D eigenvalue weighted by Crippen LogP contribution is -2.26. The van der Waals surface area contributed by atoms with Gasteiger partial charge in [-0.2, -0.15) is 5.26 Å². The van der Waals surface area contributed by atoms with Crippen LogP contribution in [0.3, 0.4) is 0 Å². The standard InChI is InChI=1S/C24H26N2O5/c1-3-30-14-4-13-26-23(27)21(16-25)15-18-7-11-22(12-8-18)31-17-19-5-9-20(10-6-19)24(28)29-2/h5-12,15H,3-4,13-14,17H2,1-2H3,(H,26,27)/b21-15+. The Morgan fingerprint density at radius 3 is 2.42 bits per heavy atom. The zero-order valence-electron chi connectivity index (χ0n) is 17.7. The predicted molar refractivity (Wildman–Crippen MR) is 116 cm³/mol. The topological polar surface area (TPSA) is 97.6 Å². The van der Waals surface area contributed by atoms with Crippen molar-refractivity contribution in [3.63, 3.8) is 0 Å². The molecule has 0 spiro atoms. The van der Waals surface area contributed by atoms with E-state index in [4.69, 9.17) is 9.47 Å². The molecule has 0 aliphatic rings. The molecule has 0 saturated carbocycles. The predicted octanol–water partition coefficient (Wildman–Crippen LogP) is 3.50. The third-order valence-corrected chi connectivity index (χ3v) is 4.29. The van der Waals surface area contributed by atoms with Crippen LogP contribution in [0, 0.1) is 11.3 Å². The lowest BCUT2D eigenvalue weighted by molar-refractivity contribution is -0.117. The molecule has 0 unspecified atom stereocenters. The fraction of sp³-hybridized carbons (Fsp3) is 0.292. The number of amides is 1. The Kier molecular flexibility index (Phi) is 9.79. The van der Waals surface area contributed by atoms with Gasteiger partial charge in [0.15, 0.2) is 0 Å². The molecular weight excluding hydrogens is 396 g/mol. The van der Waals surface area contributed by atoms with Crippen molar-refractivity contribution in [1.29, 1.82) is 5.26 Å². The number of hydrogen-bond acceptors (Lipinski definition) is 6. The molecule has 7 heteroatoms. The molecule has 0 fully saturated rings. The van der Waals surface area contributed by atoms with Crippen LogP contribution in [0.25, 0.3) is 6.08 Å². The maximum atomic E-state index is 12.1. The molecule has 1 N–H and O–H groups in total. The highest BCUT2D eigenvalue weighted by atomic mass is 16.5. The lowest BCUT2D eigenvalue weighted by Gasteiger charge is -2.08. The number of carbonyl (C=O) groups is 2. The van der Waals surface area contributed by atoms with Crippen molar-refractivity contribution < 1.29 is 23.8 Å². The van der Waals surface area contributed by atoms with Crippen molar-refractivity contribution >= 4 is 18.0 Å². The van der Waals surface area contributed by atoms with Crippen LogP contribution in [0.5, 0.6) is 5.75 Å². The Hall–Kier alpha value is -3.63. The maximum absolute atomic E-state index is 12.1. The quantitative estimate of drug-likeness (QED) is 0.258. The molecule has 0 aliphatic heterocycles. The number of nitrogens with zero attached hydrogens (tertiary/aromatic N) is 1. The van der Waals surface area contributed by atoms with E-state index in [0.717, 1.165) is 11.1 Å². The zero-order chi connectivity index (χ0) is 22.5. The first-order valence-corrected chi connectivity index (χ1v) is 9.95. The first kappa shape index (κ1) is 23.6. The summed E-state index contributed by atoms with van der Waals surface area (Å²) < 4.78 is 15.6. The van der Waals surface area contributed by atoms with E-state index in [1.807, 2.05) is 13.0 Å². The summed E-state index contributed by atoms with van der Waals surface area (Å²) in [5.74, 6) is -0.144. The molecule has 2 aromatic carbocycles. The minimum Gasteiger partial charge on any atom is -0.489 e. The second kappa shape index (κ2) is 12.8. The van der Waals surface area contributed by atoms with E-state index in [-0.39, 0.29) is 11.5 Å². The Balaban J connectivity index is 1.89. The molecule has 31 heavy (non-hydrogen) atoms. The zero-order valence-corrected chi connectivity index (χ0v) is 17.7. The van der Waals surface area contributed by atoms with Crippen molar-refractivity contribution in [2.45, 2.75) is 20.0 Å². The third-order valence-electron chi connectivity index (χ3n) is 4.29. The van der Waals surface area contributed by atoms with E-state index < -0.39 is 5.91 Å². The van der Waals surface area contributed by atoms with Crippen LogP contribution in [-0.4, -0.2) is 38.7 Å². The van der Waals surface area contributed by atoms with E-state index in [0.29, 0.717) is 44.1 Å². The van der Waals surface area contributed by atoms with Crippen LogP contribution in [-0.2, 0) is 20.9 Å². The van der Waals surface area contributed by atoms with Gasteiger partial charge in [0.05, 0.1) is 12.7 Å². The normalized spacial score (nSPS) is 10.8. The summed E-state index contributed by atoms with van der Waals surface area (Å²) in [5, 5.41) is 12.0. The van der Waals surface area contributed by atoms with Gasteiger partial charge < -0.3 is 19.5 Å². The summed E-state index contributed by atoms with van der Waals surface area (Å²) in [6.45, 7) is 3.91. The molecule has 162 valence electrons. The van der Waals surface area contributed by atoms with E-state index in [1.54, 1.807) is 48.5 Å². The van der Waals surface area contributed by atoms with Gasteiger partial charge in [0.1, 0.15) is 24.0 Å². The van der Waals surface area contributed by atoms with E-state index in [1.165, 1.54) is 13.2 Å². The molecule has 0 saturated heterocycles. The smallest absolute Gasteiger partial charge is 0.337 e. The molecule has 1 amide bonds. The van der Waals surface area contributed by atoms with Gasteiger partial charge >= 0.3 is 5.97 Å². The van der Waals surface area contributed by atoms with Crippen LogP contribution in [0.1, 0.15) is 34.8 Å². The summed E-state index contributed by atoms with van der Waals surface area (Å²) in [5.41, 5.74) is 2.14. The fourth-order valence-corrected chi connectivity index (χ4v) is 2.61. The van der Waals surface area contributed by atoms with Crippen molar-refractivity contribution in [3.8, 4) is 11.8 Å². The minimum atomic E-state index is -0.408. The Bertz CT molecular complexity index is 928. The number of esters is 1. The Labute approximate surface area is 182 Å². The Morgan fingerprint density at radius 2 is 1.81 bits per heavy atom. The van der Waals surface area contributed by atoms with E-state index >= 15 is 0 Å². The average molecular weight is 422 g/mol. The van der Waals surface area contributed by atoms with Crippen LogP contribution in [0.15, 0.2) is 54.1 Å². The summed E-state index contributed by atoms with van der Waals surface area (Å²) in [7, 11) is 1.34. The van der Waals surface area contributed by atoms with Crippen LogP contribution >= 0.6 is 0 Å². The van der Waals surface area contributed by atoms with Crippen molar-refractivity contribution in [1.82, 2.24) is 5.32 Å². The van der Waals surface area contributed by atoms with Gasteiger partial charge in [0, 0.05) is 19.8 Å². The van der Waals surface area contributed by atoms with E-state index in [2.05, 4.69) is 10.1 Å². The molecule has 0 bridgehead atoms. The van der Waals surface area contributed by atoms with Gasteiger partial charge in [-0.05, 0) is 54.8 Å². The number of benzene rings is 2. The van der Waals surface area contributed by atoms with Crippen LogP contribution in [0.4, 0.5) is 0 Å². The maximum Gasteiger partial charge on any atom is 0.337 e. The van der Waals surface area contributed by atoms with Gasteiger partial charge in [-0.3, -0.25) is 4.79 Å². The third kappa shape index (κ3) is 7.96. The number of ether oxygens (including phenoxy) is 3. The summed E-state index contributed by atoms with van der Waals surface area (Å²) >= 11 is 0. The Morgan fingerprint density at radius 1 is 1.10 bits per heavy atom. The monoisotopic (exact) mass is 422 g/mol. The number of methoxy groups -OCH3 is 1. The van der Waals surface area contributed by atoms with Gasteiger partial charge in [0.2, 0.25) is 0 Å². The van der Waals surface area contributed by atoms with Crippen molar-refractivity contribution in [2.24, 2.45) is 0 Å². The lowest BCUT2D eigenvalue weighted by atomic mass is 10.1. The highest BCUT2D eigenvalue weighted by Gasteiger charge is 2.08. The van der Waals surface area contributed by atoms with Gasteiger partial charge in [-0.25, -0.2) is 4.79 Å². The number of nitrogens with one attached hydrogen (secondary N) is 1. The summed E-state index contributed by atoms with van der Waals surface area (Å²) in [6, 6.07) is 16.0. The molecule has 7 nitrogen and oxygen atoms in total. The van der Waals surface area contributed by atoms with Crippen molar-refractivity contribution in [3.05, 3.63) is 70.8 Å². The van der Waals surface area contributed by atoms with E-state index in [9.17, 15) is 14.9 Å². The molecule has 0 atom stereocenters. The molecule has 2 aromatic rings. The van der Waals surface area contributed by atoms with Gasteiger partial charge in [0.25, 0.3) is 5.91 Å². The number of carbonyl (C=O) groups excluding carboxylic acids is 2. The van der Waals surface area contributed by atoms with Crippen LogP contribution < -0.4 is 10.1 Å². The first-order chi connectivity index (χ1) is 15.1. The highest BCUT2D eigenvalue weighted by molar-refractivity contribution is 6.01. The molecule has 0 radical (unpaired) electrons. The molecule has 2 rings (SSSR count). The molecule has 0 aromatic heterocycles. The first-order valence-electron chi connectivity index (χ1n) is 9.95. The largest absolute Gasteiger partial charge is 0.489 e. The number of nitriles is 1. The molecular formula is C24H26N2O5. The SMILES string of the molecule is CCOCCCNC(=O)/C(C#N)=C/c1ccc(OCc2ccc(C(=O)OC)cc2)cc1. The second-order valence-electron chi connectivity index (χ2n) is 6.52. The second-order valence-corrected chi connectivity index (χ2v) is 6.52. The van der Waals surface area contributed by atoms with Gasteiger partial charge in [-0.1, -0.05) is 24.3 Å². The van der Waals surface area contributed by atoms with Crippen LogP contribution in [0.2, 0.25) is 0 Å². The van der Waals surface area contributed by atoms with Gasteiger partial charge in [-0.15, -0.1) is 0 Å². The summed E-state index contributed by atoms with van der Waals surface area (Å²) in [4.78, 5) is 23.6. The molecule has 0 aliphatic carbocycles. The summed E-state index contributed by atoms with van der Waals surface area (Å²) in [6.07, 6.45) is 2.23. The van der Waals surface area contributed by atoms with Crippen molar-refractivity contribution in [2.75, 3.05) is 26.9 Å². The number of hydrogen-bond donors (Lipinski definition) is 1. The highest BCUT2D eigenvalue weighted by Crippen LogP contribution is 2.16. The number of rotatable bonds is 11. The average Bonchev–Trinajstić information content (AvgIpc) is 2.81.